The Morgan fingerprint density at radius 2 is 0.900 bits per heavy atom. The maximum atomic E-state index is 5.24. The zero-order chi connectivity index (χ0) is 6.55. The lowest BCUT2D eigenvalue weighted by Gasteiger charge is -2.37. The third kappa shape index (κ3) is 0.473. The number of rotatable bonds is 0. The summed E-state index contributed by atoms with van der Waals surface area (Å²) in [4.78, 5) is 0. The highest BCUT2D eigenvalue weighted by Crippen LogP contribution is 2.39. The van der Waals surface area contributed by atoms with Gasteiger partial charge in [0.2, 0.25) is 0 Å². The molecule has 4 heteroatoms. The average Bonchev–Trinajstić information content (AvgIpc) is 2.42. The minimum atomic E-state index is 0.146. The van der Waals surface area contributed by atoms with E-state index < -0.39 is 0 Å². The molecule has 0 N–H and O–H groups in total. The molecule has 0 amide bonds. The lowest BCUT2D eigenvalue weighted by molar-refractivity contribution is -0.106. The van der Waals surface area contributed by atoms with Crippen LogP contribution in [0.4, 0.5) is 0 Å². The van der Waals surface area contributed by atoms with Gasteiger partial charge < -0.3 is 18.9 Å². The Hall–Kier alpha value is -0.160. The van der Waals surface area contributed by atoms with Crippen LogP contribution in [0, 0.1) is 0 Å². The number of fused-ring (bicyclic) bond motifs is 4. The molecule has 2 saturated heterocycles. The van der Waals surface area contributed by atoms with Gasteiger partial charge in [-0.05, 0) is 0 Å². The van der Waals surface area contributed by atoms with Crippen molar-refractivity contribution in [3.63, 3.8) is 0 Å². The Labute approximate surface area is 58.0 Å². The fourth-order valence-corrected chi connectivity index (χ4v) is 1.75. The van der Waals surface area contributed by atoms with Crippen molar-refractivity contribution >= 4 is 0 Å². The van der Waals surface area contributed by atoms with Crippen molar-refractivity contribution in [2.45, 2.75) is 24.4 Å². The van der Waals surface area contributed by atoms with Crippen molar-refractivity contribution in [2.75, 3.05) is 13.6 Å². The molecule has 2 aliphatic heterocycles. The van der Waals surface area contributed by atoms with E-state index in [0.717, 1.165) is 0 Å². The van der Waals surface area contributed by atoms with Crippen LogP contribution in [0.1, 0.15) is 0 Å². The smallest absolute Gasteiger partial charge is 0.148 e. The molecule has 56 valence electrons. The van der Waals surface area contributed by atoms with E-state index in [1.165, 1.54) is 0 Å². The molecule has 3 fully saturated rings. The van der Waals surface area contributed by atoms with Gasteiger partial charge in [0.1, 0.15) is 38.0 Å². The van der Waals surface area contributed by atoms with Crippen molar-refractivity contribution in [2.24, 2.45) is 0 Å². The predicted octanol–water partition coefficient (Wildman–Crippen LogP) is -0.517. The van der Waals surface area contributed by atoms with Crippen molar-refractivity contribution < 1.29 is 18.9 Å². The van der Waals surface area contributed by atoms with Gasteiger partial charge in [-0.3, -0.25) is 0 Å². The summed E-state index contributed by atoms with van der Waals surface area (Å²) in [5.41, 5.74) is 0. The molecule has 0 aromatic carbocycles. The summed E-state index contributed by atoms with van der Waals surface area (Å²) in [5, 5.41) is 0. The third-order valence-electron chi connectivity index (χ3n) is 2.34. The number of hydrogen-bond donors (Lipinski definition) is 0. The second kappa shape index (κ2) is 1.71. The fraction of sp³-hybridized carbons (Fsp3) is 1.00. The molecular weight excluding hydrogens is 136 g/mol. The van der Waals surface area contributed by atoms with Gasteiger partial charge in [0.25, 0.3) is 0 Å². The second-order valence-electron chi connectivity index (χ2n) is 2.76. The number of hydrogen-bond acceptors (Lipinski definition) is 4. The average molecular weight is 144 g/mol. The van der Waals surface area contributed by atoms with E-state index >= 15 is 0 Å². The molecule has 0 aromatic heterocycles. The van der Waals surface area contributed by atoms with Gasteiger partial charge in [0.05, 0.1) is 0 Å². The molecule has 1 aliphatic carbocycles. The van der Waals surface area contributed by atoms with Crippen LogP contribution in [0.5, 0.6) is 0 Å². The van der Waals surface area contributed by atoms with Crippen LogP contribution in [-0.2, 0) is 18.9 Å². The van der Waals surface area contributed by atoms with Gasteiger partial charge in [0.15, 0.2) is 0 Å². The van der Waals surface area contributed by atoms with E-state index in [0.29, 0.717) is 13.6 Å². The molecule has 1 saturated carbocycles. The summed E-state index contributed by atoms with van der Waals surface area (Å²) in [6.07, 6.45) is 0.583. The van der Waals surface area contributed by atoms with Crippen LogP contribution in [0.2, 0.25) is 0 Å². The Morgan fingerprint density at radius 3 is 1.20 bits per heavy atom. The molecule has 0 bridgehead atoms. The molecule has 0 atom stereocenters. The first-order valence-corrected chi connectivity index (χ1v) is 3.43. The van der Waals surface area contributed by atoms with E-state index in [1.54, 1.807) is 0 Å². The molecular formula is C6H8O4. The van der Waals surface area contributed by atoms with Crippen LogP contribution in [0.15, 0.2) is 0 Å². The quantitative estimate of drug-likeness (QED) is 0.458. The maximum absolute atomic E-state index is 5.24. The van der Waals surface area contributed by atoms with Gasteiger partial charge in [-0.1, -0.05) is 0 Å². The van der Waals surface area contributed by atoms with Gasteiger partial charge >= 0.3 is 0 Å². The lowest BCUT2D eigenvalue weighted by Crippen LogP contribution is -2.60. The topological polar surface area (TPSA) is 36.9 Å². The standard InChI is InChI=1S/C6H8O4/c1-7-3-4(8-1)6-5(3)9-2-10-6/h3-6H,1-2H2. The second-order valence-corrected chi connectivity index (χ2v) is 2.76. The minimum absolute atomic E-state index is 0.146. The van der Waals surface area contributed by atoms with Crippen LogP contribution in [-0.4, -0.2) is 38.0 Å². The van der Waals surface area contributed by atoms with Crippen molar-refractivity contribution in [1.29, 1.82) is 0 Å². The Balaban J connectivity index is 1.84. The molecule has 0 aromatic rings. The van der Waals surface area contributed by atoms with E-state index in [1.807, 2.05) is 0 Å². The Kier molecular flexibility index (Phi) is 0.936. The summed E-state index contributed by atoms with van der Waals surface area (Å²) in [5.74, 6) is 0. The monoisotopic (exact) mass is 144 g/mol. The molecule has 10 heavy (non-hydrogen) atoms. The summed E-state index contributed by atoms with van der Waals surface area (Å²) < 4.78 is 21.0. The molecule has 4 nitrogen and oxygen atoms in total. The highest BCUT2D eigenvalue weighted by Gasteiger charge is 2.60. The van der Waals surface area contributed by atoms with Crippen LogP contribution in [0.3, 0.4) is 0 Å². The first-order valence-electron chi connectivity index (χ1n) is 3.43. The predicted molar refractivity (Wildman–Crippen MR) is 29.2 cm³/mol. The van der Waals surface area contributed by atoms with E-state index in [9.17, 15) is 0 Å². The highest BCUT2D eigenvalue weighted by atomic mass is 16.8. The Morgan fingerprint density at radius 1 is 0.600 bits per heavy atom. The summed E-state index contributed by atoms with van der Waals surface area (Å²) >= 11 is 0. The normalized spacial score (nSPS) is 57.6. The highest BCUT2D eigenvalue weighted by molar-refractivity contribution is 5.06. The molecule has 3 aliphatic rings. The summed E-state index contributed by atoms with van der Waals surface area (Å²) in [7, 11) is 0. The Bertz CT molecular complexity index is 118. The zero-order valence-electron chi connectivity index (χ0n) is 5.36. The van der Waals surface area contributed by atoms with Gasteiger partial charge in [-0.15, -0.1) is 0 Å². The maximum Gasteiger partial charge on any atom is 0.148 e. The SMILES string of the molecule is C1OC2C(O1)C1OCOC21. The molecule has 0 spiro atoms. The van der Waals surface area contributed by atoms with Crippen LogP contribution in [0.25, 0.3) is 0 Å². The summed E-state index contributed by atoms with van der Waals surface area (Å²) in [6, 6.07) is 0. The van der Waals surface area contributed by atoms with E-state index in [4.69, 9.17) is 18.9 Å². The fourth-order valence-electron chi connectivity index (χ4n) is 1.75. The lowest BCUT2D eigenvalue weighted by atomic mass is 9.85. The van der Waals surface area contributed by atoms with Gasteiger partial charge in [-0.25, -0.2) is 0 Å². The zero-order valence-corrected chi connectivity index (χ0v) is 5.36. The third-order valence-corrected chi connectivity index (χ3v) is 2.34. The summed E-state index contributed by atoms with van der Waals surface area (Å²) in [6.45, 7) is 0.796. The van der Waals surface area contributed by atoms with E-state index in [2.05, 4.69) is 0 Å². The largest absolute Gasteiger partial charge is 0.347 e. The molecule has 0 unspecified atom stereocenters. The first kappa shape index (κ1) is 5.49. The molecule has 2 heterocycles. The van der Waals surface area contributed by atoms with Gasteiger partial charge in [-0.2, -0.15) is 0 Å². The molecule has 0 radical (unpaired) electrons. The van der Waals surface area contributed by atoms with Crippen LogP contribution >= 0.6 is 0 Å². The minimum Gasteiger partial charge on any atom is -0.347 e. The van der Waals surface area contributed by atoms with Gasteiger partial charge in [0, 0.05) is 0 Å². The first-order chi connectivity index (χ1) is 4.97. The van der Waals surface area contributed by atoms with Crippen molar-refractivity contribution in [3.8, 4) is 0 Å². The number of ether oxygens (including phenoxy) is 4. The van der Waals surface area contributed by atoms with Crippen molar-refractivity contribution in [3.05, 3.63) is 0 Å². The molecule has 3 rings (SSSR count). The van der Waals surface area contributed by atoms with Crippen molar-refractivity contribution in [1.82, 2.24) is 0 Å². The van der Waals surface area contributed by atoms with Crippen LogP contribution < -0.4 is 0 Å². The van der Waals surface area contributed by atoms with E-state index in [-0.39, 0.29) is 24.4 Å².